The topological polar surface area (TPSA) is 80.1 Å². The normalized spacial score (nSPS) is 20.4. The molecule has 2 saturated heterocycles. The van der Waals surface area contributed by atoms with Crippen LogP contribution in [0, 0.1) is 0 Å². The Morgan fingerprint density at radius 1 is 1.25 bits per heavy atom. The van der Waals surface area contributed by atoms with Crippen LogP contribution in [0.3, 0.4) is 0 Å². The van der Waals surface area contributed by atoms with E-state index in [0.717, 1.165) is 0 Å². The molecule has 2 aliphatic heterocycles. The van der Waals surface area contributed by atoms with Crippen LogP contribution in [-0.4, -0.2) is 53.4 Å². The molecule has 0 N–H and O–H groups in total. The fourth-order valence-corrected chi connectivity index (χ4v) is 2.60. The smallest absolute Gasteiger partial charge is 0.417 e. The standard InChI is InChI=1S/C13H14N2O5/c16-11-8-20-13(18)15(11)9-3-5-14(6-4-9)12(17)10-2-1-7-19-10/h1-2,7,9H,3-6,8H2. The van der Waals surface area contributed by atoms with Gasteiger partial charge in [-0.1, -0.05) is 0 Å². The van der Waals surface area contributed by atoms with Crippen LogP contribution in [0.5, 0.6) is 0 Å². The van der Waals surface area contributed by atoms with E-state index in [1.807, 2.05) is 0 Å². The lowest BCUT2D eigenvalue weighted by Gasteiger charge is -2.34. The van der Waals surface area contributed by atoms with E-state index in [2.05, 4.69) is 0 Å². The number of nitrogens with zero attached hydrogens (tertiary/aromatic N) is 2. The monoisotopic (exact) mass is 278 g/mol. The summed E-state index contributed by atoms with van der Waals surface area (Å²) >= 11 is 0. The Balaban J connectivity index is 1.61. The fourth-order valence-electron chi connectivity index (χ4n) is 2.60. The Bertz CT molecular complexity index is 515. The van der Waals surface area contributed by atoms with Crippen molar-refractivity contribution in [2.45, 2.75) is 18.9 Å². The Kier molecular flexibility index (Phi) is 3.17. The van der Waals surface area contributed by atoms with Gasteiger partial charge in [0.05, 0.1) is 6.26 Å². The number of likely N-dealkylation sites (tertiary alicyclic amines) is 1. The Labute approximate surface area is 115 Å². The molecule has 0 bridgehead atoms. The van der Waals surface area contributed by atoms with Gasteiger partial charge < -0.3 is 14.1 Å². The molecule has 0 aromatic carbocycles. The number of ether oxygens (including phenoxy) is 1. The molecular weight excluding hydrogens is 264 g/mol. The molecule has 0 aliphatic carbocycles. The highest BCUT2D eigenvalue weighted by Gasteiger charge is 2.39. The largest absolute Gasteiger partial charge is 0.459 e. The van der Waals surface area contributed by atoms with E-state index in [4.69, 9.17) is 9.15 Å². The predicted molar refractivity (Wildman–Crippen MR) is 65.8 cm³/mol. The number of amides is 3. The number of imide groups is 1. The first-order valence-electron chi connectivity index (χ1n) is 6.48. The molecule has 0 unspecified atom stereocenters. The molecule has 3 heterocycles. The Morgan fingerprint density at radius 2 is 2.00 bits per heavy atom. The van der Waals surface area contributed by atoms with Crippen molar-refractivity contribution < 1.29 is 23.5 Å². The maximum atomic E-state index is 12.1. The second-order valence-corrected chi connectivity index (χ2v) is 4.82. The van der Waals surface area contributed by atoms with Crippen molar-refractivity contribution in [3.63, 3.8) is 0 Å². The highest BCUT2D eigenvalue weighted by atomic mass is 16.6. The molecule has 2 fully saturated rings. The van der Waals surface area contributed by atoms with Gasteiger partial charge >= 0.3 is 6.09 Å². The van der Waals surface area contributed by atoms with E-state index >= 15 is 0 Å². The van der Waals surface area contributed by atoms with Crippen LogP contribution in [0.25, 0.3) is 0 Å². The first kappa shape index (κ1) is 12.7. The van der Waals surface area contributed by atoms with E-state index in [9.17, 15) is 14.4 Å². The zero-order valence-electron chi connectivity index (χ0n) is 10.8. The number of piperidine rings is 1. The minimum absolute atomic E-state index is 0.163. The SMILES string of the molecule is O=C(c1ccco1)N1CCC(N2C(=O)COC2=O)CC1. The molecule has 3 amide bonds. The average Bonchev–Trinajstić information content (AvgIpc) is 3.09. The molecule has 0 radical (unpaired) electrons. The third kappa shape index (κ3) is 2.15. The minimum Gasteiger partial charge on any atom is -0.459 e. The highest BCUT2D eigenvalue weighted by molar-refractivity contribution is 5.98. The number of hydrogen-bond acceptors (Lipinski definition) is 5. The molecule has 0 saturated carbocycles. The third-order valence-electron chi connectivity index (χ3n) is 3.63. The van der Waals surface area contributed by atoms with E-state index in [1.54, 1.807) is 17.0 Å². The number of carbonyl (C=O) groups excluding carboxylic acids is 3. The maximum Gasteiger partial charge on any atom is 0.417 e. The van der Waals surface area contributed by atoms with Crippen molar-refractivity contribution in [3.8, 4) is 0 Å². The number of furan rings is 1. The minimum atomic E-state index is -0.578. The van der Waals surface area contributed by atoms with E-state index in [0.29, 0.717) is 31.7 Å². The van der Waals surface area contributed by atoms with Crippen molar-refractivity contribution in [2.75, 3.05) is 19.7 Å². The quantitative estimate of drug-likeness (QED) is 0.801. The summed E-state index contributed by atoms with van der Waals surface area (Å²) in [4.78, 5) is 38.0. The van der Waals surface area contributed by atoms with Gasteiger partial charge in [0.1, 0.15) is 0 Å². The van der Waals surface area contributed by atoms with Crippen molar-refractivity contribution in [2.24, 2.45) is 0 Å². The van der Waals surface area contributed by atoms with Crippen LogP contribution in [0.15, 0.2) is 22.8 Å². The van der Waals surface area contributed by atoms with Crippen LogP contribution < -0.4 is 0 Å². The molecule has 3 rings (SSSR count). The van der Waals surface area contributed by atoms with Crippen molar-refractivity contribution in [3.05, 3.63) is 24.2 Å². The summed E-state index contributed by atoms with van der Waals surface area (Å²) in [5, 5.41) is 0. The number of carbonyl (C=O) groups is 3. The van der Waals surface area contributed by atoms with E-state index in [-0.39, 0.29) is 24.5 Å². The number of hydrogen-bond donors (Lipinski definition) is 0. The molecule has 2 aliphatic rings. The third-order valence-corrected chi connectivity index (χ3v) is 3.63. The van der Waals surface area contributed by atoms with Gasteiger partial charge in [-0.2, -0.15) is 0 Å². The molecule has 0 spiro atoms. The maximum absolute atomic E-state index is 12.1. The summed E-state index contributed by atoms with van der Waals surface area (Å²) in [6.45, 7) is 0.799. The molecule has 7 heteroatoms. The molecular formula is C13H14N2O5. The highest BCUT2D eigenvalue weighted by Crippen LogP contribution is 2.21. The zero-order valence-corrected chi connectivity index (χ0v) is 10.8. The first-order chi connectivity index (χ1) is 9.66. The second kappa shape index (κ2) is 4.99. The first-order valence-corrected chi connectivity index (χ1v) is 6.48. The summed E-state index contributed by atoms with van der Waals surface area (Å²) in [6, 6.07) is 3.10. The van der Waals surface area contributed by atoms with E-state index < -0.39 is 6.09 Å². The van der Waals surface area contributed by atoms with Gasteiger partial charge in [0.2, 0.25) is 0 Å². The summed E-state index contributed by atoms with van der Waals surface area (Å²) in [7, 11) is 0. The Morgan fingerprint density at radius 3 is 2.55 bits per heavy atom. The summed E-state index contributed by atoms with van der Waals surface area (Å²) in [5.41, 5.74) is 0. The van der Waals surface area contributed by atoms with Crippen molar-refractivity contribution >= 4 is 17.9 Å². The molecule has 1 aromatic rings. The Hall–Kier alpha value is -2.31. The van der Waals surface area contributed by atoms with Crippen LogP contribution in [-0.2, 0) is 9.53 Å². The molecule has 0 atom stereocenters. The van der Waals surface area contributed by atoms with Gasteiger partial charge in [0.25, 0.3) is 11.8 Å². The van der Waals surface area contributed by atoms with Gasteiger partial charge in [0, 0.05) is 19.1 Å². The van der Waals surface area contributed by atoms with Crippen LogP contribution in [0.4, 0.5) is 4.79 Å². The van der Waals surface area contributed by atoms with Crippen LogP contribution in [0.1, 0.15) is 23.4 Å². The average molecular weight is 278 g/mol. The molecule has 7 nitrogen and oxygen atoms in total. The van der Waals surface area contributed by atoms with Crippen LogP contribution >= 0.6 is 0 Å². The molecule has 106 valence electrons. The van der Waals surface area contributed by atoms with Gasteiger partial charge in [-0.25, -0.2) is 9.69 Å². The van der Waals surface area contributed by atoms with Gasteiger partial charge in [0.15, 0.2) is 12.4 Å². The molecule has 20 heavy (non-hydrogen) atoms. The lowest BCUT2D eigenvalue weighted by molar-refractivity contribution is -0.127. The van der Waals surface area contributed by atoms with E-state index in [1.165, 1.54) is 11.2 Å². The lowest BCUT2D eigenvalue weighted by atomic mass is 10.0. The number of rotatable bonds is 2. The van der Waals surface area contributed by atoms with Gasteiger partial charge in [-0.3, -0.25) is 9.59 Å². The molecule has 1 aromatic heterocycles. The summed E-state index contributed by atoms with van der Waals surface area (Å²) in [6.07, 6.45) is 2.00. The van der Waals surface area contributed by atoms with Crippen LogP contribution in [0.2, 0.25) is 0 Å². The second-order valence-electron chi connectivity index (χ2n) is 4.82. The fraction of sp³-hybridized carbons (Fsp3) is 0.462. The number of cyclic esters (lactones) is 1. The summed E-state index contributed by atoms with van der Waals surface area (Å²) in [5.74, 6) is -0.158. The zero-order chi connectivity index (χ0) is 14.1. The van der Waals surface area contributed by atoms with Crippen molar-refractivity contribution in [1.82, 2.24) is 9.80 Å². The van der Waals surface area contributed by atoms with Crippen molar-refractivity contribution in [1.29, 1.82) is 0 Å². The van der Waals surface area contributed by atoms with Gasteiger partial charge in [-0.15, -0.1) is 0 Å². The van der Waals surface area contributed by atoms with Gasteiger partial charge in [-0.05, 0) is 25.0 Å². The lowest BCUT2D eigenvalue weighted by Crippen LogP contribution is -2.48. The summed E-state index contributed by atoms with van der Waals surface area (Å²) < 4.78 is 9.79. The predicted octanol–water partition coefficient (Wildman–Crippen LogP) is 0.863.